The van der Waals surface area contributed by atoms with Crippen molar-refractivity contribution in [1.82, 2.24) is 18.9 Å². The van der Waals surface area contributed by atoms with Crippen LogP contribution in [0.3, 0.4) is 0 Å². The molecule has 1 saturated carbocycles. The van der Waals surface area contributed by atoms with E-state index in [1.165, 1.54) is 36.2 Å². The van der Waals surface area contributed by atoms with Gasteiger partial charge in [0.2, 0.25) is 16.0 Å². The Morgan fingerprint density at radius 1 is 1.32 bits per heavy atom. The van der Waals surface area contributed by atoms with E-state index in [-0.39, 0.29) is 18.4 Å². The molecule has 0 bridgehead atoms. The van der Waals surface area contributed by atoms with Crippen molar-refractivity contribution >= 4 is 33.1 Å². The highest BCUT2D eigenvalue weighted by Gasteiger charge is 2.30. The van der Waals surface area contributed by atoms with Crippen LogP contribution >= 0.6 is 11.6 Å². The summed E-state index contributed by atoms with van der Waals surface area (Å²) in [5.74, 6) is 1.00. The zero-order valence-electron chi connectivity index (χ0n) is 17.8. The van der Waals surface area contributed by atoms with Crippen molar-refractivity contribution < 1.29 is 13.5 Å². The number of nitriles is 1. The molecule has 2 fully saturated rings. The van der Waals surface area contributed by atoms with Crippen molar-refractivity contribution in [2.24, 2.45) is 5.92 Å². The summed E-state index contributed by atoms with van der Waals surface area (Å²) in [5.41, 5.74) is 7.70. The van der Waals surface area contributed by atoms with Gasteiger partial charge in [-0.25, -0.2) is 17.9 Å². The molecule has 4 rings (SSSR count). The van der Waals surface area contributed by atoms with Crippen molar-refractivity contribution in [1.29, 1.82) is 5.26 Å². The Bertz CT molecular complexity index is 1070. The van der Waals surface area contributed by atoms with Crippen molar-refractivity contribution in [2.75, 3.05) is 25.1 Å². The van der Waals surface area contributed by atoms with Gasteiger partial charge >= 0.3 is 0 Å². The molecule has 170 valence electrons. The molecule has 2 aliphatic rings. The van der Waals surface area contributed by atoms with Gasteiger partial charge in [0.1, 0.15) is 11.6 Å². The summed E-state index contributed by atoms with van der Waals surface area (Å²) >= 11 is 6.30. The number of nitrogens with zero attached hydrogens (tertiary/aromatic N) is 5. The van der Waals surface area contributed by atoms with Crippen LogP contribution in [0.1, 0.15) is 62.6 Å². The van der Waals surface area contributed by atoms with Crippen molar-refractivity contribution in [3.63, 3.8) is 0 Å². The number of β-amino-alcohol motifs (C(OH)–C–C–N with tert-alkyl or cyclic N) is 1. The maximum atomic E-state index is 10.9. The average molecular weight is 469 g/mol. The van der Waals surface area contributed by atoms with E-state index in [1.807, 2.05) is 0 Å². The molecule has 3 heterocycles. The normalized spacial score (nSPS) is 21.5. The molecule has 2 aromatic heterocycles. The van der Waals surface area contributed by atoms with Crippen molar-refractivity contribution in [3.05, 3.63) is 22.5 Å². The maximum Gasteiger partial charge on any atom is 0.238 e. The number of aliphatic hydroxyl groups excluding tert-OH is 1. The van der Waals surface area contributed by atoms with Gasteiger partial charge in [-0.1, -0.05) is 31.4 Å². The minimum atomic E-state index is -3.09. The second-order valence-corrected chi connectivity index (χ2v) is 10.7. The highest BCUT2D eigenvalue weighted by molar-refractivity contribution is 7.88. The van der Waals surface area contributed by atoms with Crippen LogP contribution in [-0.4, -0.2) is 57.9 Å². The van der Waals surface area contributed by atoms with Crippen LogP contribution in [0, 0.1) is 17.2 Å². The van der Waals surface area contributed by atoms with E-state index in [9.17, 15) is 13.7 Å². The van der Waals surface area contributed by atoms with Gasteiger partial charge in [0.05, 0.1) is 34.8 Å². The largest absolute Gasteiger partial charge is 0.392 e. The fraction of sp³-hybridized carbons (Fsp3) is 0.650. The average Bonchev–Trinajstić information content (AvgIpc) is 3.34. The van der Waals surface area contributed by atoms with E-state index in [4.69, 9.17) is 22.4 Å². The molecule has 0 amide bonds. The molecule has 1 aliphatic carbocycles. The molecule has 9 nitrogen and oxygen atoms in total. The number of aromatic nitrogens is 3. The molecule has 31 heavy (non-hydrogen) atoms. The lowest BCUT2D eigenvalue weighted by Gasteiger charge is -2.27. The second kappa shape index (κ2) is 9.69. The smallest absolute Gasteiger partial charge is 0.238 e. The number of anilines is 1. The molecule has 0 radical (unpaired) electrons. The third-order valence-electron chi connectivity index (χ3n) is 6.16. The molecule has 3 N–H and O–H groups in total. The summed E-state index contributed by atoms with van der Waals surface area (Å²) in [6.07, 6.45) is 8.64. The lowest BCUT2D eigenvalue weighted by molar-refractivity contribution is 0.108. The molecule has 2 aromatic rings. The number of piperidine rings is 1. The van der Waals surface area contributed by atoms with Gasteiger partial charge in [-0.05, 0) is 31.6 Å². The Balaban J connectivity index is 0.000000210. The number of nitrogen functional groups attached to an aromatic ring is 1. The SMILES string of the molecule is CC(c1c(C#N)c(Cl)c2cnc(N)nn12)C1CCCC1.CS(=O)(=O)N1CCCC(O)C1. The van der Waals surface area contributed by atoms with Crippen LogP contribution in [-0.2, 0) is 10.0 Å². The molecule has 0 spiro atoms. The minimum absolute atomic E-state index is 0.188. The summed E-state index contributed by atoms with van der Waals surface area (Å²) in [5, 5.41) is 23.2. The lowest BCUT2D eigenvalue weighted by atomic mass is 9.88. The van der Waals surface area contributed by atoms with Gasteiger partial charge in [0.15, 0.2) is 0 Å². The van der Waals surface area contributed by atoms with Crippen LogP contribution in [0.25, 0.3) is 5.52 Å². The Morgan fingerprint density at radius 2 is 2.00 bits per heavy atom. The predicted octanol–water partition coefficient (Wildman–Crippen LogP) is 2.53. The van der Waals surface area contributed by atoms with Crippen LogP contribution in [0.5, 0.6) is 0 Å². The monoisotopic (exact) mass is 468 g/mol. The number of aliphatic hydroxyl groups is 1. The number of sulfonamides is 1. The van der Waals surface area contributed by atoms with Gasteiger partial charge in [-0.15, -0.1) is 5.10 Å². The number of fused-ring (bicyclic) bond motifs is 1. The Kier molecular flexibility index (Phi) is 7.42. The van der Waals surface area contributed by atoms with Gasteiger partial charge in [0, 0.05) is 19.0 Å². The van der Waals surface area contributed by atoms with Gasteiger partial charge in [-0.3, -0.25) is 0 Å². The molecule has 1 saturated heterocycles. The summed E-state index contributed by atoms with van der Waals surface area (Å²) in [6, 6.07) is 2.22. The molecule has 11 heteroatoms. The number of rotatable bonds is 3. The standard InChI is InChI=1S/C14H16ClN5.C6H13NO3S/c1-8(9-4-2-3-5-9)13-10(6-16)12(15)11-7-18-14(17)19-20(11)13;1-11(9,10)7-4-2-3-6(8)5-7/h7-9H,2-5H2,1H3,(H2,17,19);6,8H,2-5H2,1H3. The topological polar surface area (TPSA) is 138 Å². The van der Waals surface area contributed by atoms with Crippen molar-refractivity contribution in [2.45, 2.75) is 57.5 Å². The quantitative estimate of drug-likeness (QED) is 0.705. The number of halogens is 1. The summed E-state index contributed by atoms with van der Waals surface area (Å²) in [7, 11) is -3.09. The van der Waals surface area contributed by atoms with Crippen LogP contribution < -0.4 is 5.73 Å². The first-order chi connectivity index (χ1) is 14.6. The molecule has 2 atom stereocenters. The third kappa shape index (κ3) is 5.29. The molecular formula is C20H29ClN6O3S. The predicted molar refractivity (Wildman–Crippen MR) is 119 cm³/mol. The van der Waals surface area contributed by atoms with E-state index >= 15 is 0 Å². The zero-order chi connectivity index (χ0) is 22.8. The Labute approximate surface area is 187 Å². The van der Waals surface area contributed by atoms with E-state index in [2.05, 4.69) is 23.1 Å². The number of hydrogen-bond acceptors (Lipinski definition) is 7. The van der Waals surface area contributed by atoms with Crippen LogP contribution in [0.15, 0.2) is 6.20 Å². The number of nitrogens with two attached hydrogens (primary N) is 1. The first-order valence-corrected chi connectivity index (χ1v) is 12.7. The zero-order valence-corrected chi connectivity index (χ0v) is 19.4. The number of hydrogen-bond donors (Lipinski definition) is 2. The first-order valence-electron chi connectivity index (χ1n) is 10.5. The summed E-state index contributed by atoms with van der Waals surface area (Å²) in [4.78, 5) is 3.97. The molecular weight excluding hydrogens is 440 g/mol. The van der Waals surface area contributed by atoms with E-state index in [0.29, 0.717) is 35.0 Å². The van der Waals surface area contributed by atoms with Gasteiger partial charge in [-0.2, -0.15) is 9.57 Å². The Morgan fingerprint density at radius 3 is 2.55 bits per heavy atom. The van der Waals surface area contributed by atoms with Crippen LogP contribution in [0.2, 0.25) is 5.02 Å². The molecule has 0 aromatic carbocycles. The van der Waals surface area contributed by atoms with E-state index in [0.717, 1.165) is 12.1 Å². The second-order valence-electron chi connectivity index (χ2n) is 8.35. The van der Waals surface area contributed by atoms with Gasteiger partial charge < -0.3 is 10.8 Å². The molecule has 1 aliphatic heterocycles. The highest BCUT2D eigenvalue weighted by atomic mass is 35.5. The highest BCUT2D eigenvalue weighted by Crippen LogP contribution is 2.41. The third-order valence-corrected chi connectivity index (χ3v) is 7.81. The first kappa shape index (κ1) is 23.7. The minimum Gasteiger partial charge on any atom is -0.392 e. The fourth-order valence-electron chi connectivity index (χ4n) is 4.47. The van der Waals surface area contributed by atoms with Crippen LogP contribution in [0.4, 0.5) is 5.95 Å². The van der Waals surface area contributed by atoms with E-state index in [1.54, 1.807) is 10.7 Å². The lowest BCUT2D eigenvalue weighted by Crippen LogP contribution is -2.41. The van der Waals surface area contributed by atoms with Crippen molar-refractivity contribution in [3.8, 4) is 6.07 Å². The maximum absolute atomic E-state index is 10.9. The van der Waals surface area contributed by atoms with E-state index < -0.39 is 16.1 Å². The summed E-state index contributed by atoms with van der Waals surface area (Å²) in [6.45, 7) is 2.96. The van der Waals surface area contributed by atoms with Gasteiger partial charge in [0.25, 0.3) is 0 Å². The fourth-order valence-corrected chi connectivity index (χ4v) is 5.65. The molecule has 2 unspecified atom stereocenters. The summed E-state index contributed by atoms with van der Waals surface area (Å²) < 4.78 is 24.9. The Hall–Kier alpha value is -1.93.